The number of aliphatic hydroxyl groups excluding tert-OH is 1. The summed E-state index contributed by atoms with van der Waals surface area (Å²) in [6.45, 7) is 1.35. The molecule has 0 aliphatic carbocycles. The summed E-state index contributed by atoms with van der Waals surface area (Å²) < 4.78 is 5.18. The molecule has 0 aliphatic heterocycles. The molecule has 0 aromatic heterocycles. The topological polar surface area (TPSA) is 49.7 Å². The van der Waals surface area contributed by atoms with Crippen LogP contribution >= 0.6 is 46.4 Å². The van der Waals surface area contributed by atoms with Gasteiger partial charge in [0.05, 0.1) is 16.7 Å². The van der Waals surface area contributed by atoms with Crippen LogP contribution in [0.3, 0.4) is 0 Å². The van der Waals surface area contributed by atoms with Crippen LogP contribution in [0.5, 0.6) is 11.5 Å². The molecule has 0 bridgehead atoms. The first-order valence-electron chi connectivity index (χ1n) is 4.22. The van der Waals surface area contributed by atoms with E-state index in [9.17, 15) is 5.11 Å². The minimum absolute atomic E-state index is 0.00808. The number of ether oxygens (including phenoxy) is 1. The van der Waals surface area contributed by atoms with Crippen molar-refractivity contribution >= 4 is 46.4 Å². The Balaban J connectivity index is 3.28. The minimum atomic E-state index is -0.559. The number of aliphatic hydroxyl groups is 1. The van der Waals surface area contributed by atoms with Gasteiger partial charge in [0, 0.05) is 0 Å². The SMILES string of the molecule is C[C@@H](CO)Oc1c(O)c(Cl)c(Cl)c(Cl)c1Cl. The molecule has 0 unspecified atom stereocenters. The zero-order valence-electron chi connectivity index (χ0n) is 8.10. The van der Waals surface area contributed by atoms with Crippen LogP contribution < -0.4 is 4.74 Å². The molecule has 1 aromatic rings. The van der Waals surface area contributed by atoms with Crippen LogP contribution in [0.2, 0.25) is 20.1 Å². The number of hydrogen-bond donors (Lipinski definition) is 2. The molecule has 0 radical (unpaired) electrons. The van der Waals surface area contributed by atoms with E-state index in [2.05, 4.69) is 0 Å². The summed E-state index contributed by atoms with van der Waals surface area (Å²) >= 11 is 23.1. The Bertz CT molecular complexity index is 379. The van der Waals surface area contributed by atoms with Gasteiger partial charge in [0.15, 0.2) is 11.5 Å². The van der Waals surface area contributed by atoms with Gasteiger partial charge in [-0.1, -0.05) is 46.4 Å². The Morgan fingerprint density at radius 3 is 2.06 bits per heavy atom. The lowest BCUT2D eigenvalue weighted by atomic mass is 10.3. The molecular formula is C9H8Cl4O3. The second kappa shape index (κ2) is 5.52. The van der Waals surface area contributed by atoms with E-state index >= 15 is 0 Å². The molecule has 1 atom stereocenters. The van der Waals surface area contributed by atoms with Gasteiger partial charge in [-0.3, -0.25) is 0 Å². The monoisotopic (exact) mass is 304 g/mol. The van der Waals surface area contributed by atoms with Crippen LogP contribution in [-0.4, -0.2) is 22.9 Å². The number of aromatic hydroxyl groups is 1. The number of benzene rings is 1. The molecule has 0 spiro atoms. The van der Waals surface area contributed by atoms with Crippen molar-refractivity contribution in [3.63, 3.8) is 0 Å². The molecule has 1 rings (SSSR count). The average Bonchev–Trinajstić information content (AvgIpc) is 2.29. The Hall–Kier alpha value is -0.0600. The van der Waals surface area contributed by atoms with Gasteiger partial charge in [-0.15, -0.1) is 0 Å². The van der Waals surface area contributed by atoms with Crippen LogP contribution in [0.25, 0.3) is 0 Å². The third kappa shape index (κ3) is 2.60. The first-order valence-corrected chi connectivity index (χ1v) is 5.73. The normalized spacial score (nSPS) is 12.6. The molecule has 0 heterocycles. The number of halogens is 4. The summed E-state index contributed by atoms with van der Waals surface area (Å²) in [4.78, 5) is 0. The fourth-order valence-corrected chi connectivity index (χ4v) is 1.82. The van der Waals surface area contributed by atoms with E-state index in [1.807, 2.05) is 0 Å². The lowest BCUT2D eigenvalue weighted by Crippen LogP contribution is -2.16. The summed E-state index contributed by atoms with van der Waals surface area (Å²) in [7, 11) is 0. The zero-order valence-corrected chi connectivity index (χ0v) is 11.1. The summed E-state index contributed by atoms with van der Waals surface area (Å²) in [6.07, 6.45) is -0.559. The lowest BCUT2D eigenvalue weighted by molar-refractivity contribution is 0.126. The predicted molar refractivity (Wildman–Crippen MR) is 65.3 cm³/mol. The second-order valence-corrected chi connectivity index (χ2v) is 4.56. The van der Waals surface area contributed by atoms with E-state index in [-0.39, 0.29) is 32.4 Å². The van der Waals surface area contributed by atoms with Crippen LogP contribution in [0, 0.1) is 0 Å². The lowest BCUT2D eigenvalue weighted by Gasteiger charge is -2.16. The first-order chi connectivity index (χ1) is 7.40. The molecule has 2 N–H and O–H groups in total. The van der Waals surface area contributed by atoms with E-state index in [0.717, 1.165) is 0 Å². The first kappa shape index (κ1) is 14.0. The van der Waals surface area contributed by atoms with E-state index in [1.165, 1.54) is 0 Å². The second-order valence-electron chi connectivity index (χ2n) is 3.04. The molecule has 7 heteroatoms. The van der Waals surface area contributed by atoms with Crippen molar-refractivity contribution in [3.05, 3.63) is 20.1 Å². The van der Waals surface area contributed by atoms with Gasteiger partial charge in [-0.05, 0) is 6.92 Å². The van der Waals surface area contributed by atoms with E-state index in [1.54, 1.807) is 6.92 Å². The highest BCUT2D eigenvalue weighted by Gasteiger charge is 2.22. The highest BCUT2D eigenvalue weighted by molar-refractivity contribution is 6.52. The number of hydrogen-bond acceptors (Lipinski definition) is 3. The quantitative estimate of drug-likeness (QED) is 0.660. The van der Waals surface area contributed by atoms with Gasteiger partial charge in [-0.25, -0.2) is 0 Å². The zero-order chi connectivity index (χ0) is 12.5. The minimum Gasteiger partial charge on any atom is -0.503 e. The van der Waals surface area contributed by atoms with E-state index in [4.69, 9.17) is 56.2 Å². The summed E-state index contributed by atoms with van der Waals surface area (Å²) in [5, 5.41) is 18.2. The van der Waals surface area contributed by atoms with Crippen molar-refractivity contribution in [2.75, 3.05) is 6.61 Å². The maximum absolute atomic E-state index is 9.66. The third-order valence-electron chi connectivity index (χ3n) is 1.78. The van der Waals surface area contributed by atoms with Gasteiger partial charge in [0.25, 0.3) is 0 Å². The van der Waals surface area contributed by atoms with Gasteiger partial charge in [0.2, 0.25) is 0 Å². The van der Waals surface area contributed by atoms with Crippen molar-refractivity contribution in [1.82, 2.24) is 0 Å². The molecule has 0 amide bonds. The van der Waals surface area contributed by atoms with Gasteiger partial charge in [0.1, 0.15) is 16.1 Å². The molecule has 0 aliphatic rings. The number of phenolic OH excluding ortho intramolecular Hbond substituents is 1. The van der Waals surface area contributed by atoms with Crippen molar-refractivity contribution in [2.24, 2.45) is 0 Å². The Morgan fingerprint density at radius 1 is 1.06 bits per heavy atom. The maximum atomic E-state index is 9.66. The summed E-state index contributed by atoms with van der Waals surface area (Å²) in [5.41, 5.74) is 0. The molecule has 0 saturated heterocycles. The van der Waals surface area contributed by atoms with Gasteiger partial charge >= 0.3 is 0 Å². The molecule has 16 heavy (non-hydrogen) atoms. The highest BCUT2D eigenvalue weighted by Crippen LogP contribution is 2.49. The Labute approximate surface area is 112 Å². The van der Waals surface area contributed by atoms with E-state index < -0.39 is 11.9 Å². The average molecular weight is 306 g/mol. The van der Waals surface area contributed by atoms with Crippen molar-refractivity contribution in [2.45, 2.75) is 13.0 Å². The highest BCUT2D eigenvalue weighted by atomic mass is 35.5. The summed E-state index contributed by atoms with van der Waals surface area (Å²) in [6, 6.07) is 0. The maximum Gasteiger partial charge on any atom is 0.183 e. The smallest absolute Gasteiger partial charge is 0.183 e. The Morgan fingerprint density at radius 2 is 1.56 bits per heavy atom. The standard InChI is InChI=1S/C9H8Cl4O3/c1-3(2-14)16-9-7(13)5(11)4(10)6(12)8(9)15/h3,14-15H,2H2,1H3/t3-/m0/s1. The Kier molecular flexibility index (Phi) is 4.83. The van der Waals surface area contributed by atoms with Crippen LogP contribution in [-0.2, 0) is 0 Å². The van der Waals surface area contributed by atoms with Gasteiger partial charge in [-0.2, -0.15) is 0 Å². The van der Waals surface area contributed by atoms with Crippen LogP contribution in [0.4, 0.5) is 0 Å². The van der Waals surface area contributed by atoms with Crippen LogP contribution in [0.15, 0.2) is 0 Å². The van der Waals surface area contributed by atoms with Crippen molar-refractivity contribution in [3.8, 4) is 11.5 Å². The van der Waals surface area contributed by atoms with Crippen molar-refractivity contribution < 1.29 is 14.9 Å². The van der Waals surface area contributed by atoms with Gasteiger partial charge < -0.3 is 14.9 Å². The molecule has 90 valence electrons. The fourth-order valence-electron chi connectivity index (χ4n) is 0.946. The summed E-state index contributed by atoms with van der Waals surface area (Å²) in [5.74, 6) is -0.496. The predicted octanol–water partition coefficient (Wildman–Crippen LogP) is 3.77. The molecule has 0 saturated carbocycles. The van der Waals surface area contributed by atoms with Crippen molar-refractivity contribution in [1.29, 1.82) is 0 Å². The molecule has 1 aromatic carbocycles. The van der Waals surface area contributed by atoms with E-state index in [0.29, 0.717) is 0 Å². The van der Waals surface area contributed by atoms with Crippen LogP contribution in [0.1, 0.15) is 6.92 Å². The number of phenols is 1. The number of rotatable bonds is 3. The fraction of sp³-hybridized carbons (Fsp3) is 0.333. The molecular weight excluding hydrogens is 298 g/mol. The molecule has 3 nitrogen and oxygen atoms in total. The molecule has 0 fully saturated rings. The largest absolute Gasteiger partial charge is 0.503 e. The third-order valence-corrected chi connectivity index (χ3v) is 3.55.